The Kier molecular flexibility index (Phi) is 4.55. The van der Waals surface area contributed by atoms with Crippen molar-refractivity contribution >= 4 is 6.29 Å². The van der Waals surface area contributed by atoms with Crippen molar-refractivity contribution in [3.8, 4) is 0 Å². The Morgan fingerprint density at radius 2 is 2.12 bits per heavy atom. The summed E-state index contributed by atoms with van der Waals surface area (Å²) in [7, 11) is 0. The van der Waals surface area contributed by atoms with E-state index in [1.54, 1.807) is 0 Å². The molecule has 0 aliphatic carbocycles. The highest BCUT2D eigenvalue weighted by atomic mass is 16.5. The fourth-order valence-corrected chi connectivity index (χ4v) is 2.44. The molecule has 0 N–H and O–H groups in total. The number of ether oxygens (including phenoxy) is 1. The van der Waals surface area contributed by atoms with Gasteiger partial charge >= 0.3 is 0 Å². The number of allylic oxidation sites excluding steroid dienone is 3. The molecule has 1 aliphatic rings. The molecule has 2 unspecified atom stereocenters. The summed E-state index contributed by atoms with van der Waals surface area (Å²) >= 11 is 0. The van der Waals surface area contributed by atoms with Crippen molar-refractivity contribution in [2.75, 3.05) is 0 Å². The van der Waals surface area contributed by atoms with Gasteiger partial charge in [-0.3, -0.25) is 4.79 Å². The molecular formula is C15H24O2. The van der Waals surface area contributed by atoms with Crippen LogP contribution in [0.3, 0.4) is 0 Å². The van der Waals surface area contributed by atoms with Crippen LogP contribution in [0.4, 0.5) is 0 Å². The number of carbonyl (C=O) groups excluding carboxylic acids is 1. The third kappa shape index (κ3) is 5.20. The SMILES string of the molecule is CC1=CC(C=O)OC(CC(C)CC(C)(C)C)=C1. The molecule has 0 spiro atoms. The minimum absolute atomic E-state index is 0.337. The van der Waals surface area contributed by atoms with Crippen LogP contribution in [0.25, 0.3) is 0 Å². The molecule has 0 saturated carbocycles. The van der Waals surface area contributed by atoms with Gasteiger partial charge in [-0.2, -0.15) is 0 Å². The van der Waals surface area contributed by atoms with Crippen LogP contribution in [0.5, 0.6) is 0 Å². The topological polar surface area (TPSA) is 26.3 Å². The Hall–Kier alpha value is -1.05. The van der Waals surface area contributed by atoms with E-state index in [1.807, 2.05) is 19.1 Å². The summed E-state index contributed by atoms with van der Waals surface area (Å²) in [5, 5.41) is 0. The molecule has 2 atom stereocenters. The molecule has 17 heavy (non-hydrogen) atoms. The third-order valence-corrected chi connectivity index (χ3v) is 2.75. The summed E-state index contributed by atoms with van der Waals surface area (Å²) in [5.74, 6) is 1.51. The first-order chi connectivity index (χ1) is 7.80. The van der Waals surface area contributed by atoms with Crippen molar-refractivity contribution < 1.29 is 9.53 Å². The Balaban J connectivity index is 2.57. The van der Waals surface area contributed by atoms with E-state index in [1.165, 1.54) is 0 Å². The van der Waals surface area contributed by atoms with Gasteiger partial charge in [-0.1, -0.05) is 27.7 Å². The fourth-order valence-electron chi connectivity index (χ4n) is 2.44. The molecule has 1 rings (SSSR count). The van der Waals surface area contributed by atoms with Crippen molar-refractivity contribution in [2.24, 2.45) is 11.3 Å². The highest BCUT2D eigenvalue weighted by molar-refractivity contribution is 5.61. The number of aldehydes is 1. The van der Waals surface area contributed by atoms with Crippen LogP contribution in [0.2, 0.25) is 0 Å². The van der Waals surface area contributed by atoms with Crippen LogP contribution in [-0.4, -0.2) is 12.4 Å². The van der Waals surface area contributed by atoms with Gasteiger partial charge < -0.3 is 4.74 Å². The number of rotatable bonds is 4. The molecular weight excluding hydrogens is 212 g/mol. The van der Waals surface area contributed by atoms with E-state index >= 15 is 0 Å². The van der Waals surface area contributed by atoms with Crippen LogP contribution < -0.4 is 0 Å². The predicted molar refractivity (Wildman–Crippen MR) is 70.6 cm³/mol. The normalized spacial score (nSPS) is 22.3. The van der Waals surface area contributed by atoms with Gasteiger partial charge in [-0.05, 0) is 42.4 Å². The van der Waals surface area contributed by atoms with Gasteiger partial charge in [0, 0.05) is 6.42 Å². The lowest BCUT2D eigenvalue weighted by Crippen LogP contribution is -2.18. The average molecular weight is 236 g/mol. The molecule has 1 heterocycles. The Labute approximate surface area is 105 Å². The fraction of sp³-hybridized carbons (Fsp3) is 0.667. The van der Waals surface area contributed by atoms with Crippen LogP contribution in [-0.2, 0) is 9.53 Å². The number of hydrogen-bond donors (Lipinski definition) is 0. The van der Waals surface area contributed by atoms with Gasteiger partial charge in [0.1, 0.15) is 0 Å². The van der Waals surface area contributed by atoms with Crippen molar-refractivity contribution in [1.29, 1.82) is 0 Å². The lowest BCUT2D eigenvalue weighted by Gasteiger charge is -2.26. The first-order valence-corrected chi connectivity index (χ1v) is 6.31. The first kappa shape index (κ1) is 14.0. The van der Waals surface area contributed by atoms with Gasteiger partial charge in [-0.15, -0.1) is 0 Å². The zero-order valence-corrected chi connectivity index (χ0v) is 11.6. The molecule has 0 radical (unpaired) electrons. The summed E-state index contributed by atoms with van der Waals surface area (Å²) in [4.78, 5) is 10.8. The summed E-state index contributed by atoms with van der Waals surface area (Å²) in [5.41, 5.74) is 1.45. The van der Waals surface area contributed by atoms with Gasteiger partial charge in [-0.25, -0.2) is 0 Å². The minimum Gasteiger partial charge on any atom is -0.483 e. The molecule has 0 saturated heterocycles. The summed E-state index contributed by atoms with van der Waals surface area (Å²) < 4.78 is 5.61. The monoisotopic (exact) mass is 236 g/mol. The van der Waals surface area contributed by atoms with E-state index in [0.29, 0.717) is 11.3 Å². The Bertz CT molecular complexity index is 331. The maximum Gasteiger partial charge on any atom is 0.172 e. The Morgan fingerprint density at radius 1 is 1.47 bits per heavy atom. The van der Waals surface area contributed by atoms with Crippen LogP contribution in [0.1, 0.15) is 47.5 Å². The molecule has 0 aromatic carbocycles. The van der Waals surface area contributed by atoms with E-state index in [2.05, 4.69) is 27.7 Å². The first-order valence-electron chi connectivity index (χ1n) is 6.31. The van der Waals surface area contributed by atoms with Crippen molar-refractivity contribution in [1.82, 2.24) is 0 Å². The highest BCUT2D eigenvalue weighted by Crippen LogP contribution is 2.29. The van der Waals surface area contributed by atoms with E-state index < -0.39 is 6.10 Å². The van der Waals surface area contributed by atoms with Gasteiger partial charge in [0.15, 0.2) is 12.4 Å². The van der Waals surface area contributed by atoms with Crippen molar-refractivity contribution in [2.45, 2.75) is 53.6 Å². The summed E-state index contributed by atoms with van der Waals surface area (Å²) in [6, 6.07) is 0. The van der Waals surface area contributed by atoms with Crippen molar-refractivity contribution in [3.63, 3.8) is 0 Å². The smallest absolute Gasteiger partial charge is 0.172 e. The van der Waals surface area contributed by atoms with E-state index in [9.17, 15) is 4.79 Å². The predicted octanol–water partition coefficient (Wildman–Crippen LogP) is 3.88. The quantitative estimate of drug-likeness (QED) is 0.692. The zero-order valence-electron chi connectivity index (χ0n) is 11.6. The number of carbonyl (C=O) groups is 1. The largest absolute Gasteiger partial charge is 0.483 e. The van der Waals surface area contributed by atoms with E-state index in [-0.39, 0.29) is 0 Å². The standard InChI is InChI=1S/C15H24O2/c1-11-6-13(17-14(7-11)10-16)8-12(2)9-15(3,4)5/h6-7,10,12,14H,8-9H2,1-5H3. The summed E-state index contributed by atoms with van der Waals surface area (Å²) in [6.07, 6.45) is 6.42. The third-order valence-electron chi connectivity index (χ3n) is 2.75. The molecule has 2 nitrogen and oxygen atoms in total. The second kappa shape index (κ2) is 5.52. The van der Waals surface area contributed by atoms with Crippen LogP contribution in [0, 0.1) is 11.3 Å². The molecule has 96 valence electrons. The minimum atomic E-state index is -0.392. The molecule has 0 amide bonds. The highest BCUT2D eigenvalue weighted by Gasteiger charge is 2.19. The summed E-state index contributed by atoms with van der Waals surface area (Å²) in [6.45, 7) is 11.0. The zero-order chi connectivity index (χ0) is 13.1. The molecule has 0 aromatic heterocycles. The lowest BCUT2D eigenvalue weighted by atomic mass is 9.83. The van der Waals surface area contributed by atoms with Gasteiger partial charge in [0.2, 0.25) is 0 Å². The Morgan fingerprint density at radius 3 is 2.65 bits per heavy atom. The second-order valence-electron chi connectivity index (χ2n) is 6.31. The molecule has 1 aliphatic heterocycles. The average Bonchev–Trinajstić information content (AvgIpc) is 2.13. The molecule has 0 aromatic rings. The maximum atomic E-state index is 10.8. The maximum absolute atomic E-state index is 10.8. The van der Waals surface area contributed by atoms with E-state index in [0.717, 1.165) is 30.5 Å². The lowest BCUT2D eigenvalue weighted by molar-refractivity contribution is -0.114. The molecule has 0 bridgehead atoms. The molecule has 0 fully saturated rings. The number of hydrogen-bond acceptors (Lipinski definition) is 2. The van der Waals surface area contributed by atoms with Crippen molar-refractivity contribution in [3.05, 3.63) is 23.5 Å². The second-order valence-corrected chi connectivity index (χ2v) is 6.31. The van der Waals surface area contributed by atoms with Gasteiger partial charge in [0.05, 0.1) is 5.76 Å². The van der Waals surface area contributed by atoms with Crippen LogP contribution in [0.15, 0.2) is 23.5 Å². The van der Waals surface area contributed by atoms with Gasteiger partial charge in [0.25, 0.3) is 0 Å². The van der Waals surface area contributed by atoms with E-state index in [4.69, 9.17) is 4.74 Å². The van der Waals surface area contributed by atoms with Crippen LogP contribution >= 0.6 is 0 Å². The molecule has 2 heteroatoms.